The third-order valence-corrected chi connectivity index (χ3v) is 4.98. The van der Waals surface area contributed by atoms with Gasteiger partial charge in [-0.05, 0) is 31.2 Å². The summed E-state index contributed by atoms with van der Waals surface area (Å²) in [6.07, 6.45) is 3.05. The van der Waals surface area contributed by atoms with Gasteiger partial charge in [-0.25, -0.2) is 9.67 Å². The summed E-state index contributed by atoms with van der Waals surface area (Å²) < 4.78 is 6.88. The van der Waals surface area contributed by atoms with Crippen LogP contribution >= 0.6 is 11.8 Å². The number of rotatable bonds is 6. The molecule has 0 fully saturated rings. The molecule has 1 atom stereocenters. The predicted octanol–water partition coefficient (Wildman–Crippen LogP) is 2.67. The molecule has 8 nitrogen and oxygen atoms in total. The van der Waals surface area contributed by atoms with E-state index >= 15 is 0 Å². The molecule has 0 radical (unpaired) electrons. The van der Waals surface area contributed by atoms with Gasteiger partial charge in [0.15, 0.2) is 10.8 Å². The molecule has 3 heterocycles. The normalized spacial score (nSPS) is 12.2. The molecule has 4 aromatic rings. The van der Waals surface area contributed by atoms with Crippen LogP contribution in [0.3, 0.4) is 0 Å². The molecule has 1 aromatic carbocycles. The number of benzene rings is 1. The monoisotopic (exact) mass is 395 g/mol. The lowest BCUT2D eigenvalue weighted by molar-refractivity contribution is -0.119. The second-order valence-electron chi connectivity index (χ2n) is 6.09. The standard InChI is InChI=1S/C19H17N5O3S/c1-12(15-8-5-9-27-15)21-16(25)11-28-19-22-17-14(18(26)23-19)10-20-24(17)13-6-3-2-4-7-13/h2-10,12H,11H2,1H3,(H,21,25)(H,22,23,26). The predicted molar refractivity (Wildman–Crippen MR) is 105 cm³/mol. The Balaban J connectivity index is 1.51. The summed E-state index contributed by atoms with van der Waals surface area (Å²) in [7, 11) is 0. The summed E-state index contributed by atoms with van der Waals surface area (Å²) in [4.78, 5) is 31.7. The van der Waals surface area contributed by atoms with E-state index in [-0.39, 0.29) is 23.3 Å². The molecular weight excluding hydrogens is 378 g/mol. The Morgan fingerprint density at radius 3 is 2.86 bits per heavy atom. The zero-order valence-corrected chi connectivity index (χ0v) is 15.8. The fraction of sp³-hybridized carbons (Fsp3) is 0.158. The molecule has 0 saturated carbocycles. The molecular formula is C19H17N5O3S. The Morgan fingerprint density at radius 2 is 2.11 bits per heavy atom. The van der Waals surface area contributed by atoms with Crippen LogP contribution in [0, 0.1) is 0 Å². The van der Waals surface area contributed by atoms with Gasteiger partial charge in [0.25, 0.3) is 5.56 Å². The highest BCUT2D eigenvalue weighted by Crippen LogP contribution is 2.18. The SMILES string of the molecule is CC(NC(=O)CSc1nc2c(cnn2-c2ccccc2)c(=O)[nH]1)c1ccco1. The average molecular weight is 395 g/mol. The molecule has 0 spiro atoms. The molecule has 0 aliphatic rings. The van der Waals surface area contributed by atoms with Crippen molar-refractivity contribution < 1.29 is 9.21 Å². The number of hydrogen-bond acceptors (Lipinski definition) is 6. The number of nitrogens with zero attached hydrogens (tertiary/aromatic N) is 3. The van der Waals surface area contributed by atoms with Crippen molar-refractivity contribution in [3.63, 3.8) is 0 Å². The number of amides is 1. The topological polar surface area (TPSA) is 106 Å². The van der Waals surface area contributed by atoms with Crippen LogP contribution in [0.2, 0.25) is 0 Å². The number of carbonyl (C=O) groups is 1. The third kappa shape index (κ3) is 3.70. The first-order chi connectivity index (χ1) is 13.6. The van der Waals surface area contributed by atoms with Crippen LogP contribution in [0.5, 0.6) is 0 Å². The lowest BCUT2D eigenvalue weighted by Gasteiger charge is -2.11. The van der Waals surface area contributed by atoms with E-state index in [9.17, 15) is 9.59 Å². The maximum atomic E-state index is 12.3. The number of carbonyl (C=O) groups excluding carboxylic acids is 1. The van der Waals surface area contributed by atoms with Gasteiger partial charge in [-0.15, -0.1) is 0 Å². The van der Waals surface area contributed by atoms with E-state index < -0.39 is 0 Å². The molecule has 0 aliphatic carbocycles. The third-order valence-electron chi connectivity index (χ3n) is 4.10. The van der Waals surface area contributed by atoms with Crippen LogP contribution in [0.25, 0.3) is 16.7 Å². The van der Waals surface area contributed by atoms with Crippen molar-refractivity contribution in [1.29, 1.82) is 0 Å². The minimum absolute atomic E-state index is 0.110. The summed E-state index contributed by atoms with van der Waals surface area (Å²) in [5, 5.41) is 7.86. The lowest BCUT2D eigenvalue weighted by atomic mass is 10.2. The maximum absolute atomic E-state index is 12.3. The Morgan fingerprint density at radius 1 is 1.29 bits per heavy atom. The number of thioether (sulfide) groups is 1. The second kappa shape index (κ2) is 7.73. The first-order valence-corrected chi connectivity index (χ1v) is 9.59. The number of aromatic nitrogens is 4. The van der Waals surface area contributed by atoms with E-state index in [0.717, 1.165) is 17.4 Å². The first-order valence-electron chi connectivity index (χ1n) is 8.61. The molecule has 2 N–H and O–H groups in total. The molecule has 142 valence electrons. The molecule has 4 rings (SSSR count). The van der Waals surface area contributed by atoms with E-state index in [1.54, 1.807) is 23.1 Å². The van der Waals surface area contributed by atoms with Crippen molar-refractivity contribution in [2.75, 3.05) is 5.75 Å². The highest BCUT2D eigenvalue weighted by molar-refractivity contribution is 7.99. The molecule has 0 aliphatic heterocycles. The molecule has 1 amide bonds. The van der Waals surface area contributed by atoms with Gasteiger partial charge >= 0.3 is 0 Å². The van der Waals surface area contributed by atoms with Crippen molar-refractivity contribution in [3.8, 4) is 5.69 Å². The van der Waals surface area contributed by atoms with E-state index in [0.29, 0.717) is 22.0 Å². The lowest BCUT2D eigenvalue weighted by Crippen LogP contribution is -2.28. The number of H-pyrrole nitrogens is 1. The van der Waals surface area contributed by atoms with Crippen molar-refractivity contribution in [2.45, 2.75) is 18.1 Å². The Bertz CT molecular complexity index is 1150. The van der Waals surface area contributed by atoms with Gasteiger partial charge in [0.2, 0.25) is 5.91 Å². The minimum atomic E-state index is -0.293. The summed E-state index contributed by atoms with van der Waals surface area (Å²) >= 11 is 1.15. The van der Waals surface area contributed by atoms with E-state index in [2.05, 4.69) is 20.4 Å². The van der Waals surface area contributed by atoms with Crippen LogP contribution in [0.1, 0.15) is 18.7 Å². The minimum Gasteiger partial charge on any atom is -0.467 e. The fourth-order valence-electron chi connectivity index (χ4n) is 2.75. The van der Waals surface area contributed by atoms with Crippen molar-refractivity contribution >= 4 is 28.7 Å². The van der Waals surface area contributed by atoms with Gasteiger partial charge in [-0.2, -0.15) is 5.10 Å². The van der Waals surface area contributed by atoms with E-state index in [1.165, 1.54) is 6.20 Å². The van der Waals surface area contributed by atoms with Crippen molar-refractivity contribution in [2.24, 2.45) is 0 Å². The molecule has 9 heteroatoms. The van der Waals surface area contributed by atoms with Gasteiger partial charge in [0, 0.05) is 0 Å². The molecule has 0 bridgehead atoms. The number of hydrogen-bond donors (Lipinski definition) is 2. The Hall–Kier alpha value is -3.33. The molecule has 0 saturated heterocycles. The number of nitrogens with one attached hydrogen (secondary N) is 2. The number of aromatic amines is 1. The first kappa shape index (κ1) is 18.1. The Kier molecular flexibility index (Phi) is 4.98. The van der Waals surface area contributed by atoms with Gasteiger partial charge in [-0.1, -0.05) is 30.0 Å². The van der Waals surface area contributed by atoms with Crippen LogP contribution in [-0.2, 0) is 4.79 Å². The van der Waals surface area contributed by atoms with Crippen LogP contribution in [-0.4, -0.2) is 31.4 Å². The van der Waals surface area contributed by atoms with E-state index in [4.69, 9.17) is 4.42 Å². The summed E-state index contributed by atoms with van der Waals surface area (Å²) in [6, 6.07) is 12.8. The zero-order valence-electron chi connectivity index (χ0n) is 15.0. The summed E-state index contributed by atoms with van der Waals surface area (Å²) in [5.74, 6) is 0.602. The van der Waals surface area contributed by atoms with Gasteiger partial charge < -0.3 is 14.7 Å². The quantitative estimate of drug-likeness (QED) is 0.384. The number of fused-ring (bicyclic) bond motifs is 1. The fourth-order valence-corrected chi connectivity index (χ4v) is 3.42. The molecule has 3 aromatic heterocycles. The van der Waals surface area contributed by atoms with Crippen molar-refractivity contribution in [1.82, 2.24) is 25.1 Å². The number of para-hydroxylation sites is 1. The maximum Gasteiger partial charge on any atom is 0.262 e. The van der Waals surface area contributed by atoms with Crippen LogP contribution in [0.4, 0.5) is 0 Å². The number of furan rings is 1. The smallest absolute Gasteiger partial charge is 0.262 e. The van der Waals surface area contributed by atoms with E-state index in [1.807, 2.05) is 37.3 Å². The second-order valence-corrected chi connectivity index (χ2v) is 7.06. The van der Waals surface area contributed by atoms with Crippen molar-refractivity contribution in [3.05, 3.63) is 71.0 Å². The molecule has 28 heavy (non-hydrogen) atoms. The highest BCUT2D eigenvalue weighted by atomic mass is 32.2. The van der Waals surface area contributed by atoms with Crippen LogP contribution in [0.15, 0.2) is 69.3 Å². The average Bonchev–Trinajstić information content (AvgIpc) is 3.37. The zero-order chi connectivity index (χ0) is 19.5. The molecule has 1 unspecified atom stereocenters. The summed E-state index contributed by atoms with van der Waals surface area (Å²) in [5.41, 5.74) is 0.956. The van der Waals surface area contributed by atoms with Gasteiger partial charge in [0.1, 0.15) is 11.1 Å². The largest absolute Gasteiger partial charge is 0.467 e. The van der Waals surface area contributed by atoms with Gasteiger partial charge in [-0.3, -0.25) is 9.59 Å². The van der Waals surface area contributed by atoms with Gasteiger partial charge in [0.05, 0.1) is 29.9 Å². The highest BCUT2D eigenvalue weighted by Gasteiger charge is 2.15. The summed E-state index contributed by atoms with van der Waals surface area (Å²) in [6.45, 7) is 1.84. The van der Waals surface area contributed by atoms with Crippen LogP contribution < -0.4 is 10.9 Å². The Labute approximate surface area is 164 Å².